The highest BCUT2D eigenvalue weighted by atomic mass is 79.9. The average Bonchev–Trinajstić information content (AvgIpc) is 2.33. The Kier molecular flexibility index (Phi) is 4.02. The number of hydrogen-bond acceptors (Lipinski definition) is 2. The van der Waals surface area contributed by atoms with E-state index in [1.807, 2.05) is 37.4 Å². The molecular formula is C13H12BrClN2. The second kappa shape index (κ2) is 5.52. The quantitative estimate of drug-likeness (QED) is 0.907. The van der Waals surface area contributed by atoms with Crippen molar-refractivity contribution in [1.82, 2.24) is 4.98 Å². The van der Waals surface area contributed by atoms with Crippen LogP contribution < -0.4 is 5.32 Å². The van der Waals surface area contributed by atoms with Crippen LogP contribution in [0.4, 0.5) is 5.69 Å². The molecule has 1 N–H and O–H groups in total. The van der Waals surface area contributed by atoms with Crippen LogP contribution in [0.1, 0.15) is 11.3 Å². The monoisotopic (exact) mass is 310 g/mol. The SMILES string of the molecule is Cc1ccc(CNc2ccc(Br)c(Cl)c2)cn1. The molecule has 1 heterocycles. The molecule has 4 heteroatoms. The number of rotatable bonds is 3. The van der Waals surface area contributed by atoms with Crippen LogP contribution in [0, 0.1) is 6.92 Å². The van der Waals surface area contributed by atoms with Gasteiger partial charge >= 0.3 is 0 Å². The summed E-state index contributed by atoms with van der Waals surface area (Å²) in [6.07, 6.45) is 1.88. The van der Waals surface area contributed by atoms with Gasteiger partial charge in [-0.3, -0.25) is 4.98 Å². The normalized spacial score (nSPS) is 10.3. The van der Waals surface area contributed by atoms with Gasteiger partial charge in [0, 0.05) is 28.6 Å². The van der Waals surface area contributed by atoms with Crippen molar-refractivity contribution < 1.29 is 0 Å². The van der Waals surface area contributed by atoms with Crippen molar-refractivity contribution >= 4 is 33.2 Å². The van der Waals surface area contributed by atoms with Crippen LogP contribution in [0.2, 0.25) is 5.02 Å². The van der Waals surface area contributed by atoms with E-state index in [1.165, 1.54) is 0 Å². The first-order valence-electron chi connectivity index (χ1n) is 5.25. The number of aryl methyl sites for hydroxylation is 1. The Morgan fingerprint density at radius 1 is 1.29 bits per heavy atom. The fourth-order valence-corrected chi connectivity index (χ4v) is 1.84. The Balaban J connectivity index is 2.02. The molecule has 17 heavy (non-hydrogen) atoms. The Morgan fingerprint density at radius 2 is 2.12 bits per heavy atom. The van der Waals surface area contributed by atoms with Crippen LogP contribution in [-0.4, -0.2) is 4.98 Å². The van der Waals surface area contributed by atoms with Gasteiger partial charge in [0.2, 0.25) is 0 Å². The van der Waals surface area contributed by atoms with Crippen LogP contribution in [-0.2, 0) is 6.54 Å². The molecule has 1 aromatic carbocycles. The van der Waals surface area contributed by atoms with Gasteiger partial charge in [0.25, 0.3) is 0 Å². The topological polar surface area (TPSA) is 24.9 Å². The lowest BCUT2D eigenvalue weighted by Gasteiger charge is -2.07. The van der Waals surface area contributed by atoms with E-state index < -0.39 is 0 Å². The zero-order valence-electron chi connectivity index (χ0n) is 9.37. The van der Waals surface area contributed by atoms with Gasteiger partial charge in [0.15, 0.2) is 0 Å². The number of benzene rings is 1. The summed E-state index contributed by atoms with van der Waals surface area (Å²) in [7, 11) is 0. The van der Waals surface area contributed by atoms with E-state index in [0.29, 0.717) is 5.02 Å². The fourth-order valence-electron chi connectivity index (χ4n) is 1.41. The second-order valence-corrected chi connectivity index (χ2v) is 5.05. The lowest BCUT2D eigenvalue weighted by Crippen LogP contribution is -2.00. The highest BCUT2D eigenvalue weighted by Gasteiger charge is 1.99. The molecule has 0 aliphatic carbocycles. The molecule has 2 aromatic rings. The molecule has 0 spiro atoms. The predicted octanol–water partition coefficient (Wildman–Crippen LogP) is 4.42. The Hall–Kier alpha value is -1.06. The summed E-state index contributed by atoms with van der Waals surface area (Å²) in [5.41, 5.74) is 3.17. The summed E-state index contributed by atoms with van der Waals surface area (Å²) in [5.74, 6) is 0. The van der Waals surface area contributed by atoms with Crippen molar-refractivity contribution in [3.05, 3.63) is 57.3 Å². The molecule has 0 aliphatic heterocycles. The van der Waals surface area contributed by atoms with Crippen LogP contribution in [0.25, 0.3) is 0 Å². The van der Waals surface area contributed by atoms with Crippen molar-refractivity contribution in [2.24, 2.45) is 0 Å². The zero-order valence-corrected chi connectivity index (χ0v) is 11.7. The number of anilines is 1. The highest BCUT2D eigenvalue weighted by molar-refractivity contribution is 9.10. The zero-order chi connectivity index (χ0) is 12.3. The van der Waals surface area contributed by atoms with Gasteiger partial charge in [-0.25, -0.2) is 0 Å². The molecular weight excluding hydrogens is 300 g/mol. The number of hydrogen-bond donors (Lipinski definition) is 1. The van der Waals surface area contributed by atoms with E-state index in [2.05, 4.69) is 32.3 Å². The summed E-state index contributed by atoms with van der Waals surface area (Å²) in [6, 6.07) is 9.88. The molecule has 0 aliphatic rings. The van der Waals surface area contributed by atoms with Crippen LogP contribution in [0.5, 0.6) is 0 Å². The first-order chi connectivity index (χ1) is 8.15. The first-order valence-corrected chi connectivity index (χ1v) is 6.43. The van der Waals surface area contributed by atoms with Gasteiger partial charge in [-0.1, -0.05) is 17.7 Å². The van der Waals surface area contributed by atoms with E-state index in [0.717, 1.165) is 28.0 Å². The van der Waals surface area contributed by atoms with Gasteiger partial charge in [-0.05, 0) is 52.7 Å². The van der Waals surface area contributed by atoms with Crippen molar-refractivity contribution in [2.45, 2.75) is 13.5 Å². The Bertz CT molecular complexity index is 511. The largest absolute Gasteiger partial charge is 0.381 e. The minimum atomic E-state index is 0.706. The third kappa shape index (κ3) is 3.45. The summed E-state index contributed by atoms with van der Waals surface area (Å²) < 4.78 is 0.904. The molecule has 0 saturated carbocycles. The van der Waals surface area contributed by atoms with E-state index in [1.54, 1.807) is 0 Å². The molecule has 0 fully saturated rings. The Morgan fingerprint density at radius 3 is 2.76 bits per heavy atom. The Labute approximate surface area is 114 Å². The molecule has 2 rings (SSSR count). The second-order valence-electron chi connectivity index (χ2n) is 3.79. The van der Waals surface area contributed by atoms with Gasteiger partial charge < -0.3 is 5.32 Å². The molecule has 88 valence electrons. The van der Waals surface area contributed by atoms with E-state index in [-0.39, 0.29) is 0 Å². The minimum absolute atomic E-state index is 0.706. The summed E-state index contributed by atoms with van der Waals surface area (Å²) in [4.78, 5) is 4.25. The molecule has 0 radical (unpaired) electrons. The summed E-state index contributed by atoms with van der Waals surface area (Å²) in [5, 5.41) is 4.01. The molecule has 0 saturated heterocycles. The molecule has 0 atom stereocenters. The number of nitrogens with one attached hydrogen (secondary N) is 1. The third-order valence-corrected chi connectivity index (χ3v) is 3.62. The summed E-state index contributed by atoms with van der Waals surface area (Å²) >= 11 is 9.38. The maximum atomic E-state index is 6.02. The van der Waals surface area contributed by atoms with Crippen LogP contribution in [0.15, 0.2) is 41.0 Å². The van der Waals surface area contributed by atoms with Gasteiger partial charge in [0.1, 0.15) is 0 Å². The smallest absolute Gasteiger partial charge is 0.0568 e. The van der Waals surface area contributed by atoms with Crippen molar-refractivity contribution in [2.75, 3.05) is 5.32 Å². The fraction of sp³-hybridized carbons (Fsp3) is 0.154. The van der Waals surface area contributed by atoms with Gasteiger partial charge in [-0.2, -0.15) is 0 Å². The number of aromatic nitrogens is 1. The van der Waals surface area contributed by atoms with Crippen molar-refractivity contribution in [3.63, 3.8) is 0 Å². The van der Waals surface area contributed by atoms with Crippen LogP contribution in [0.3, 0.4) is 0 Å². The molecule has 0 bridgehead atoms. The molecule has 0 amide bonds. The maximum absolute atomic E-state index is 6.02. The van der Waals surface area contributed by atoms with Crippen molar-refractivity contribution in [3.8, 4) is 0 Å². The van der Waals surface area contributed by atoms with Gasteiger partial charge in [-0.15, -0.1) is 0 Å². The predicted molar refractivity (Wildman–Crippen MR) is 75.5 cm³/mol. The molecule has 0 unspecified atom stereocenters. The lowest BCUT2D eigenvalue weighted by atomic mass is 10.2. The molecule has 1 aromatic heterocycles. The average molecular weight is 312 g/mol. The standard InChI is InChI=1S/C13H12BrClN2/c1-9-2-3-10(7-16-9)8-17-11-4-5-12(14)13(15)6-11/h2-7,17H,8H2,1H3. The van der Waals surface area contributed by atoms with Crippen LogP contribution >= 0.6 is 27.5 Å². The third-order valence-electron chi connectivity index (χ3n) is 2.39. The van der Waals surface area contributed by atoms with E-state index in [4.69, 9.17) is 11.6 Å². The first kappa shape index (κ1) is 12.4. The van der Waals surface area contributed by atoms with E-state index >= 15 is 0 Å². The van der Waals surface area contributed by atoms with Gasteiger partial charge in [0.05, 0.1) is 5.02 Å². The number of pyridine rings is 1. The summed E-state index contributed by atoms with van der Waals surface area (Å²) in [6.45, 7) is 2.72. The maximum Gasteiger partial charge on any atom is 0.0568 e. The minimum Gasteiger partial charge on any atom is -0.381 e. The molecule has 2 nitrogen and oxygen atoms in total. The lowest BCUT2D eigenvalue weighted by molar-refractivity contribution is 1.09. The van der Waals surface area contributed by atoms with E-state index in [9.17, 15) is 0 Å². The number of nitrogens with zero attached hydrogens (tertiary/aromatic N) is 1. The highest BCUT2D eigenvalue weighted by Crippen LogP contribution is 2.25. The van der Waals surface area contributed by atoms with Crippen molar-refractivity contribution in [1.29, 1.82) is 0 Å². The number of halogens is 2.